The van der Waals surface area contributed by atoms with Crippen molar-refractivity contribution in [3.05, 3.63) is 36.2 Å². The molecule has 1 saturated heterocycles. The lowest BCUT2D eigenvalue weighted by Crippen LogP contribution is -2.19. The SMILES string of the molecule is OCCn1cc(CNc2ccccc2N2CCCC2)nn1. The van der Waals surface area contributed by atoms with Gasteiger partial charge in [-0.1, -0.05) is 17.3 Å². The van der Waals surface area contributed by atoms with E-state index >= 15 is 0 Å². The molecule has 2 aromatic rings. The van der Waals surface area contributed by atoms with E-state index in [4.69, 9.17) is 5.11 Å². The molecular weight excluding hydrogens is 266 g/mol. The molecule has 1 fully saturated rings. The molecule has 112 valence electrons. The third-order valence-electron chi connectivity index (χ3n) is 3.73. The van der Waals surface area contributed by atoms with E-state index in [1.165, 1.54) is 18.5 Å². The average Bonchev–Trinajstić information content (AvgIpc) is 3.17. The van der Waals surface area contributed by atoms with E-state index in [1.807, 2.05) is 12.3 Å². The Kier molecular flexibility index (Phi) is 4.35. The first-order valence-electron chi connectivity index (χ1n) is 7.44. The maximum Gasteiger partial charge on any atom is 0.102 e. The summed E-state index contributed by atoms with van der Waals surface area (Å²) in [7, 11) is 0. The molecule has 0 amide bonds. The van der Waals surface area contributed by atoms with Gasteiger partial charge in [0, 0.05) is 13.1 Å². The monoisotopic (exact) mass is 287 g/mol. The molecule has 6 heteroatoms. The van der Waals surface area contributed by atoms with Gasteiger partial charge in [0.25, 0.3) is 0 Å². The van der Waals surface area contributed by atoms with Gasteiger partial charge in [0.2, 0.25) is 0 Å². The normalized spacial score (nSPS) is 14.6. The van der Waals surface area contributed by atoms with Crippen molar-refractivity contribution in [2.45, 2.75) is 25.9 Å². The van der Waals surface area contributed by atoms with E-state index < -0.39 is 0 Å². The average molecular weight is 287 g/mol. The Morgan fingerprint density at radius 2 is 2.00 bits per heavy atom. The van der Waals surface area contributed by atoms with E-state index in [-0.39, 0.29) is 6.61 Å². The number of nitrogens with zero attached hydrogens (tertiary/aromatic N) is 4. The number of aromatic nitrogens is 3. The molecule has 1 aliphatic rings. The number of rotatable bonds is 6. The standard InChI is InChI=1S/C15H21N5O/c21-10-9-20-12-13(17-18-20)11-16-14-5-1-2-6-15(14)19-7-3-4-8-19/h1-2,5-6,12,16,21H,3-4,7-11H2. The lowest BCUT2D eigenvalue weighted by molar-refractivity contribution is 0.268. The highest BCUT2D eigenvalue weighted by molar-refractivity contribution is 5.70. The number of benzene rings is 1. The van der Waals surface area contributed by atoms with Crippen LogP contribution in [0.2, 0.25) is 0 Å². The van der Waals surface area contributed by atoms with E-state index in [2.05, 4.69) is 38.7 Å². The summed E-state index contributed by atoms with van der Waals surface area (Å²) in [4.78, 5) is 2.42. The molecular formula is C15H21N5O. The van der Waals surface area contributed by atoms with Crippen LogP contribution >= 0.6 is 0 Å². The fourth-order valence-corrected chi connectivity index (χ4v) is 2.67. The van der Waals surface area contributed by atoms with Gasteiger partial charge in [-0.2, -0.15) is 0 Å². The van der Waals surface area contributed by atoms with Gasteiger partial charge in [-0.25, -0.2) is 4.68 Å². The number of anilines is 2. The minimum Gasteiger partial charge on any atom is -0.394 e. The van der Waals surface area contributed by atoms with Crippen LogP contribution in [-0.4, -0.2) is 39.8 Å². The third-order valence-corrected chi connectivity index (χ3v) is 3.73. The van der Waals surface area contributed by atoms with Crippen molar-refractivity contribution in [3.63, 3.8) is 0 Å². The number of aliphatic hydroxyl groups is 1. The smallest absolute Gasteiger partial charge is 0.102 e. The molecule has 1 aromatic heterocycles. The molecule has 0 unspecified atom stereocenters. The minimum atomic E-state index is 0.0774. The molecule has 0 saturated carbocycles. The van der Waals surface area contributed by atoms with Gasteiger partial charge in [-0.3, -0.25) is 0 Å². The molecule has 0 bridgehead atoms. The summed E-state index contributed by atoms with van der Waals surface area (Å²) in [5, 5.41) is 20.4. The lowest BCUT2D eigenvalue weighted by Gasteiger charge is -2.21. The molecule has 3 rings (SSSR count). The second-order valence-corrected chi connectivity index (χ2v) is 5.26. The van der Waals surface area contributed by atoms with Crippen LogP contribution in [0.5, 0.6) is 0 Å². The summed E-state index contributed by atoms with van der Waals surface area (Å²) in [5.41, 5.74) is 3.27. The van der Waals surface area contributed by atoms with Crippen LogP contribution in [0, 0.1) is 0 Å². The molecule has 1 aromatic carbocycles. The topological polar surface area (TPSA) is 66.2 Å². The first kappa shape index (κ1) is 13.9. The van der Waals surface area contributed by atoms with E-state index in [0.29, 0.717) is 13.1 Å². The highest BCUT2D eigenvalue weighted by atomic mass is 16.3. The predicted octanol–water partition coefficient (Wildman–Crippen LogP) is 1.48. The number of hydrogen-bond acceptors (Lipinski definition) is 5. The Labute approximate surface area is 124 Å². The van der Waals surface area contributed by atoms with E-state index in [9.17, 15) is 0 Å². The first-order chi connectivity index (χ1) is 10.4. The number of hydrogen-bond donors (Lipinski definition) is 2. The molecule has 0 radical (unpaired) electrons. The summed E-state index contributed by atoms with van der Waals surface area (Å²) in [5.74, 6) is 0. The fourth-order valence-electron chi connectivity index (χ4n) is 2.67. The summed E-state index contributed by atoms with van der Waals surface area (Å²) in [6, 6.07) is 8.39. The summed E-state index contributed by atoms with van der Waals surface area (Å²) in [6.07, 6.45) is 4.40. The van der Waals surface area contributed by atoms with Crippen molar-refractivity contribution in [1.29, 1.82) is 0 Å². The molecule has 0 spiro atoms. The van der Waals surface area contributed by atoms with Crippen molar-refractivity contribution in [1.82, 2.24) is 15.0 Å². The van der Waals surface area contributed by atoms with Gasteiger partial charge in [0.1, 0.15) is 5.69 Å². The maximum absolute atomic E-state index is 8.88. The second kappa shape index (κ2) is 6.58. The Morgan fingerprint density at radius 3 is 2.81 bits per heavy atom. The fraction of sp³-hybridized carbons (Fsp3) is 0.467. The zero-order valence-electron chi connectivity index (χ0n) is 12.1. The Bertz CT molecular complexity index is 577. The predicted molar refractivity (Wildman–Crippen MR) is 82.3 cm³/mol. The molecule has 2 heterocycles. The number of para-hydroxylation sites is 2. The second-order valence-electron chi connectivity index (χ2n) is 5.26. The summed E-state index contributed by atoms with van der Waals surface area (Å²) < 4.78 is 1.66. The zero-order chi connectivity index (χ0) is 14.5. The number of aliphatic hydroxyl groups excluding tert-OH is 1. The van der Waals surface area contributed by atoms with Crippen molar-refractivity contribution < 1.29 is 5.11 Å². The lowest BCUT2D eigenvalue weighted by atomic mass is 10.2. The third kappa shape index (κ3) is 3.33. The van der Waals surface area contributed by atoms with Crippen molar-refractivity contribution in [3.8, 4) is 0 Å². The minimum absolute atomic E-state index is 0.0774. The largest absolute Gasteiger partial charge is 0.394 e. The molecule has 1 aliphatic heterocycles. The maximum atomic E-state index is 8.88. The van der Waals surface area contributed by atoms with Crippen LogP contribution in [0.1, 0.15) is 18.5 Å². The molecule has 6 nitrogen and oxygen atoms in total. The number of nitrogens with one attached hydrogen (secondary N) is 1. The van der Waals surface area contributed by atoms with Gasteiger partial charge >= 0.3 is 0 Å². The van der Waals surface area contributed by atoms with Crippen molar-refractivity contribution in [2.75, 3.05) is 29.9 Å². The molecule has 2 N–H and O–H groups in total. The van der Waals surface area contributed by atoms with Crippen LogP contribution in [0.4, 0.5) is 11.4 Å². The highest BCUT2D eigenvalue weighted by Crippen LogP contribution is 2.28. The molecule has 0 aliphatic carbocycles. The first-order valence-corrected chi connectivity index (χ1v) is 7.44. The van der Waals surface area contributed by atoms with E-state index in [1.54, 1.807) is 4.68 Å². The van der Waals surface area contributed by atoms with Crippen LogP contribution in [0.3, 0.4) is 0 Å². The summed E-state index contributed by atoms with van der Waals surface area (Å²) >= 11 is 0. The van der Waals surface area contributed by atoms with Crippen LogP contribution in [0.15, 0.2) is 30.5 Å². The molecule has 0 atom stereocenters. The van der Waals surface area contributed by atoms with Crippen molar-refractivity contribution >= 4 is 11.4 Å². The Morgan fingerprint density at radius 1 is 1.19 bits per heavy atom. The Hall–Kier alpha value is -2.08. The quantitative estimate of drug-likeness (QED) is 0.842. The van der Waals surface area contributed by atoms with Crippen LogP contribution in [0.25, 0.3) is 0 Å². The van der Waals surface area contributed by atoms with Gasteiger partial charge in [0.05, 0.1) is 37.3 Å². The Balaban J connectivity index is 1.66. The van der Waals surface area contributed by atoms with E-state index in [0.717, 1.165) is 24.5 Å². The highest BCUT2D eigenvalue weighted by Gasteiger charge is 2.15. The van der Waals surface area contributed by atoms with Gasteiger partial charge in [-0.05, 0) is 25.0 Å². The van der Waals surface area contributed by atoms with Gasteiger partial charge in [-0.15, -0.1) is 5.10 Å². The van der Waals surface area contributed by atoms with Crippen LogP contribution < -0.4 is 10.2 Å². The van der Waals surface area contributed by atoms with Gasteiger partial charge < -0.3 is 15.3 Å². The van der Waals surface area contributed by atoms with Crippen LogP contribution in [-0.2, 0) is 13.1 Å². The van der Waals surface area contributed by atoms with Gasteiger partial charge in [0.15, 0.2) is 0 Å². The summed E-state index contributed by atoms with van der Waals surface area (Å²) in [6.45, 7) is 3.46. The molecule has 21 heavy (non-hydrogen) atoms. The zero-order valence-corrected chi connectivity index (χ0v) is 12.1. The van der Waals surface area contributed by atoms with Crippen molar-refractivity contribution in [2.24, 2.45) is 0 Å².